The van der Waals surface area contributed by atoms with Crippen LogP contribution in [-0.4, -0.2) is 37.2 Å². The number of carbonyl (C=O) groups excluding carboxylic acids is 3. The van der Waals surface area contributed by atoms with Crippen LogP contribution in [0.3, 0.4) is 0 Å². The van der Waals surface area contributed by atoms with Crippen molar-refractivity contribution in [3.05, 3.63) is 48.6 Å². The van der Waals surface area contributed by atoms with E-state index < -0.39 is 6.10 Å². The number of ether oxygens (including phenoxy) is 3. The lowest BCUT2D eigenvalue weighted by atomic mass is 10.1. The molecular formula is C45H78O6. The van der Waals surface area contributed by atoms with Gasteiger partial charge in [0, 0.05) is 19.3 Å². The lowest BCUT2D eigenvalue weighted by Crippen LogP contribution is -2.30. The fraction of sp³-hybridized carbons (Fsp3) is 0.756. The molecule has 6 heteroatoms. The molecule has 1 unspecified atom stereocenters. The average molecular weight is 715 g/mol. The third kappa shape index (κ3) is 38.4. The van der Waals surface area contributed by atoms with Crippen molar-refractivity contribution >= 4 is 17.9 Å². The van der Waals surface area contributed by atoms with E-state index in [-0.39, 0.29) is 37.5 Å². The van der Waals surface area contributed by atoms with Gasteiger partial charge < -0.3 is 14.2 Å². The van der Waals surface area contributed by atoms with E-state index >= 15 is 0 Å². The highest BCUT2D eigenvalue weighted by Gasteiger charge is 2.19. The maximum atomic E-state index is 12.6. The van der Waals surface area contributed by atoms with Crippen molar-refractivity contribution in [2.24, 2.45) is 0 Å². The summed E-state index contributed by atoms with van der Waals surface area (Å²) in [5.74, 6) is -0.947. The third-order valence-corrected chi connectivity index (χ3v) is 8.85. The van der Waals surface area contributed by atoms with Gasteiger partial charge in [-0.25, -0.2) is 0 Å². The Hall–Kier alpha value is -2.63. The highest BCUT2D eigenvalue weighted by Crippen LogP contribution is 2.13. The maximum Gasteiger partial charge on any atom is 0.306 e. The Morgan fingerprint density at radius 2 is 0.824 bits per heavy atom. The zero-order valence-electron chi connectivity index (χ0n) is 33.4. The largest absolute Gasteiger partial charge is 0.462 e. The van der Waals surface area contributed by atoms with Gasteiger partial charge in [-0.05, 0) is 70.6 Å². The molecule has 6 nitrogen and oxygen atoms in total. The third-order valence-electron chi connectivity index (χ3n) is 8.85. The van der Waals surface area contributed by atoms with Crippen LogP contribution in [0.4, 0.5) is 0 Å². The molecule has 0 radical (unpaired) electrons. The van der Waals surface area contributed by atoms with Gasteiger partial charge in [-0.2, -0.15) is 0 Å². The summed E-state index contributed by atoms with van der Waals surface area (Å²) in [5, 5.41) is 0. The Bertz CT molecular complexity index is 918. The fourth-order valence-electron chi connectivity index (χ4n) is 5.64. The number of allylic oxidation sites excluding steroid dienone is 8. The quantitative estimate of drug-likeness (QED) is 0.0209. The molecule has 1 atom stereocenters. The van der Waals surface area contributed by atoms with Crippen LogP contribution >= 0.6 is 0 Å². The van der Waals surface area contributed by atoms with Gasteiger partial charge in [-0.15, -0.1) is 0 Å². The number of unbranched alkanes of at least 4 members (excludes halogenated alkanes) is 19. The molecule has 0 aromatic heterocycles. The van der Waals surface area contributed by atoms with Crippen LogP contribution in [0, 0.1) is 0 Å². The molecule has 0 saturated carbocycles. The van der Waals surface area contributed by atoms with Crippen molar-refractivity contribution in [2.75, 3.05) is 13.2 Å². The maximum absolute atomic E-state index is 12.6. The van der Waals surface area contributed by atoms with Crippen LogP contribution in [0.2, 0.25) is 0 Å². The monoisotopic (exact) mass is 715 g/mol. The molecule has 0 aliphatic heterocycles. The van der Waals surface area contributed by atoms with Gasteiger partial charge >= 0.3 is 17.9 Å². The highest BCUT2D eigenvalue weighted by molar-refractivity contribution is 5.71. The molecule has 0 aliphatic rings. The van der Waals surface area contributed by atoms with E-state index in [0.29, 0.717) is 19.3 Å². The van der Waals surface area contributed by atoms with Crippen molar-refractivity contribution in [3.63, 3.8) is 0 Å². The van der Waals surface area contributed by atoms with Gasteiger partial charge in [0.2, 0.25) is 0 Å². The molecule has 0 N–H and O–H groups in total. The summed E-state index contributed by atoms with van der Waals surface area (Å²) in [5.41, 5.74) is 0. The summed E-state index contributed by atoms with van der Waals surface area (Å²) < 4.78 is 16.6. The highest BCUT2D eigenvalue weighted by atomic mass is 16.6. The first-order valence-corrected chi connectivity index (χ1v) is 21.2. The number of rotatable bonds is 37. The summed E-state index contributed by atoms with van der Waals surface area (Å²) in [6.07, 6.45) is 45.3. The fourth-order valence-corrected chi connectivity index (χ4v) is 5.64. The molecule has 0 aromatic carbocycles. The molecule has 294 valence electrons. The predicted octanol–water partition coefficient (Wildman–Crippen LogP) is 13.2. The summed E-state index contributed by atoms with van der Waals surface area (Å²) in [6, 6.07) is 0. The van der Waals surface area contributed by atoms with Crippen LogP contribution in [0.15, 0.2) is 48.6 Å². The second-order valence-electron chi connectivity index (χ2n) is 13.9. The van der Waals surface area contributed by atoms with Crippen LogP contribution < -0.4 is 0 Å². The number of hydrogen-bond acceptors (Lipinski definition) is 6. The number of hydrogen-bond donors (Lipinski definition) is 0. The second-order valence-corrected chi connectivity index (χ2v) is 13.9. The Morgan fingerprint density at radius 1 is 0.431 bits per heavy atom. The van der Waals surface area contributed by atoms with E-state index in [4.69, 9.17) is 14.2 Å². The summed E-state index contributed by atoms with van der Waals surface area (Å²) >= 11 is 0. The Kier molecular flexibility index (Phi) is 38.1. The van der Waals surface area contributed by atoms with Gasteiger partial charge in [-0.1, -0.05) is 159 Å². The minimum Gasteiger partial charge on any atom is -0.462 e. The van der Waals surface area contributed by atoms with Gasteiger partial charge in [0.25, 0.3) is 0 Å². The summed E-state index contributed by atoms with van der Waals surface area (Å²) in [7, 11) is 0. The first-order chi connectivity index (χ1) is 25.0. The average Bonchev–Trinajstić information content (AvgIpc) is 3.12. The first-order valence-electron chi connectivity index (χ1n) is 21.2. The smallest absolute Gasteiger partial charge is 0.306 e. The summed E-state index contributed by atoms with van der Waals surface area (Å²) in [4.78, 5) is 37.5. The standard InChI is InChI=1S/C45H78O6/c1-4-7-10-13-16-19-20-21-22-23-24-27-29-32-35-38-44(47)50-41-42(51-45(48)39-36-33-30-26-18-15-12-9-6-3)40-49-43(46)37-34-31-28-25-17-14-11-8-5-2/h9,12,16,18-21,26,42H,4-8,10-11,13-15,17,22-25,27-41H2,1-3H3/b12-9-,19-16-,21-20-,26-18-. The molecule has 0 heterocycles. The lowest BCUT2D eigenvalue weighted by Gasteiger charge is -2.18. The molecule has 0 fully saturated rings. The van der Waals surface area contributed by atoms with E-state index in [1.165, 1.54) is 83.5 Å². The van der Waals surface area contributed by atoms with Gasteiger partial charge in [0.05, 0.1) is 0 Å². The van der Waals surface area contributed by atoms with E-state index in [9.17, 15) is 14.4 Å². The Balaban J connectivity index is 4.37. The van der Waals surface area contributed by atoms with Crippen LogP contribution in [0.25, 0.3) is 0 Å². The molecule has 0 bridgehead atoms. The van der Waals surface area contributed by atoms with Crippen molar-refractivity contribution in [3.8, 4) is 0 Å². The summed E-state index contributed by atoms with van der Waals surface area (Å²) in [6.45, 7) is 6.40. The number of esters is 3. The van der Waals surface area contributed by atoms with Crippen molar-refractivity contribution in [1.82, 2.24) is 0 Å². The van der Waals surface area contributed by atoms with Gasteiger partial charge in [0.15, 0.2) is 6.10 Å². The topological polar surface area (TPSA) is 78.9 Å². The molecular weight excluding hydrogens is 636 g/mol. The molecule has 0 saturated heterocycles. The Morgan fingerprint density at radius 3 is 1.37 bits per heavy atom. The van der Waals surface area contributed by atoms with Crippen LogP contribution in [-0.2, 0) is 28.6 Å². The van der Waals surface area contributed by atoms with Crippen molar-refractivity contribution in [2.45, 2.75) is 207 Å². The van der Waals surface area contributed by atoms with Gasteiger partial charge in [0.1, 0.15) is 13.2 Å². The predicted molar refractivity (Wildman–Crippen MR) is 215 cm³/mol. The Labute approximate surface area is 314 Å². The lowest BCUT2D eigenvalue weighted by molar-refractivity contribution is -0.167. The van der Waals surface area contributed by atoms with E-state index in [1.807, 2.05) is 0 Å². The second kappa shape index (κ2) is 40.1. The number of carbonyl (C=O) groups is 3. The van der Waals surface area contributed by atoms with E-state index in [2.05, 4.69) is 69.4 Å². The molecule has 0 aromatic rings. The zero-order chi connectivity index (χ0) is 37.3. The minimum atomic E-state index is -0.788. The van der Waals surface area contributed by atoms with E-state index in [0.717, 1.165) is 70.6 Å². The van der Waals surface area contributed by atoms with Crippen molar-refractivity contribution in [1.29, 1.82) is 0 Å². The molecule has 0 amide bonds. The normalized spacial score (nSPS) is 12.5. The van der Waals surface area contributed by atoms with Crippen LogP contribution in [0.5, 0.6) is 0 Å². The SMILES string of the molecule is CC/C=C\C/C=C\CCCCC(=O)OC(COC(=O)CCCCCCCC/C=C\C=C/CCCCC)COC(=O)CCCCCCCCCCC. The zero-order valence-corrected chi connectivity index (χ0v) is 33.4. The van der Waals surface area contributed by atoms with E-state index in [1.54, 1.807) is 0 Å². The molecule has 0 aliphatic carbocycles. The molecule has 0 spiro atoms. The van der Waals surface area contributed by atoms with Crippen LogP contribution in [0.1, 0.15) is 201 Å². The molecule has 51 heavy (non-hydrogen) atoms. The minimum absolute atomic E-state index is 0.0896. The molecule has 0 rings (SSSR count). The van der Waals surface area contributed by atoms with Gasteiger partial charge in [-0.3, -0.25) is 14.4 Å². The van der Waals surface area contributed by atoms with Crippen molar-refractivity contribution < 1.29 is 28.6 Å². The first kappa shape index (κ1) is 48.4.